The van der Waals surface area contributed by atoms with E-state index in [4.69, 9.17) is 5.11 Å². The zero-order chi connectivity index (χ0) is 14.4. The highest BCUT2D eigenvalue weighted by molar-refractivity contribution is 5.87. The molecule has 0 spiro atoms. The molecular weight excluding hydrogens is 262 g/mol. The largest absolute Gasteiger partial charge is 0.478 e. The molecule has 0 aromatic heterocycles. The second kappa shape index (κ2) is 4.99. The van der Waals surface area contributed by atoms with Gasteiger partial charge in [-0.05, 0) is 54.2 Å². The van der Waals surface area contributed by atoms with Crippen molar-refractivity contribution in [3.05, 3.63) is 47.5 Å². The fourth-order valence-corrected chi connectivity index (χ4v) is 4.56. The predicted molar refractivity (Wildman–Crippen MR) is 81.0 cm³/mol. The molecule has 1 heterocycles. The minimum atomic E-state index is -0.851. The van der Waals surface area contributed by atoms with Crippen LogP contribution in [0, 0.1) is 23.7 Å². The average Bonchev–Trinajstić information content (AvgIpc) is 2.94. The number of rotatable bonds is 3. The Kier molecular flexibility index (Phi) is 3.11. The van der Waals surface area contributed by atoms with E-state index in [1.165, 1.54) is 31.5 Å². The lowest BCUT2D eigenvalue weighted by Crippen LogP contribution is -2.35. The van der Waals surface area contributed by atoms with Crippen LogP contribution < -0.4 is 0 Å². The van der Waals surface area contributed by atoms with Gasteiger partial charge in [0, 0.05) is 19.6 Å². The van der Waals surface area contributed by atoms with Gasteiger partial charge in [-0.15, -0.1) is 0 Å². The smallest absolute Gasteiger partial charge is 0.335 e. The van der Waals surface area contributed by atoms with Crippen molar-refractivity contribution in [2.24, 2.45) is 23.7 Å². The molecule has 3 nitrogen and oxygen atoms in total. The summed E-state index contributed by atoms with van der Waals surface area (Å²) in [6, 6.07) is 7.34. The number of aromatic carboxylic acids is 1. The quantitative estimate of drug-likeness (QED) is 0.867. The van der Waals surface area contributed by atoms with Crippen molar-refractivity contribution in [2.45, 2.75) is 19.4 Å². The zero-order valence-electron chi connectivity index (χ0n) is 12.1. The van der Waals surface area contributed by atoms with E-state index in [0.29, 0.717) is 5.56 Å². The molecule has 4 aliphatic rings. The molecule has 1 N–H and O–H groups in total. The molecule has 3 heteroatoms. The van der Waals surface area contributed by atoms with Crippen molar-refractivity contribution < 1.29 is 9.90 Å². The number of carbonyl (C=O) groups is 1. The summed E-state index contributed by atoms with van der Waals surface area (Å²) in [5, 5.41) is 8.95. The van der Waals surface area contributed by atoms with Crippen molar-refractivity contribution >= 4 is 5.97 Å². The fourth-order valence-electron chi connectivity index (χ4n) is 4.56. The fraction of sp³-hybridized carbons (Fsp3) is 0.500. The van der Waals surface area contributed by atoms with E-state index in [1.54, 1.807) is 12.1 Å². The molecule has 5 rings (SSSR count). The molecule has 1 aliphatic heterocycles. The van der Waals surface area contributed by atoms with Crippen molar-refractivity contribution in [1.29, 1.82) is 0 Å². The number of carboxylic acid groups (broad SMARTS) is 1. The Morgan fingerprint density at radius 1 is 1.05 bits per heavy atom. The molecule has 0 amide bonds. The highest BCUT2D eigenvalue weighted by Crippen LogP contribution is 2.48. The summed E-state index contributed by atoms with van der Waals surface area (Å²) in [4.78, 5) is 13.4. The van der Waals surface area contributed by atoms with Crippen molar-refractivity contribution in [1.82, 2.24) is 4.90 Å². The second-order valence-corrected chi connectivity index (χ2v) is 6.81. The standard InChI is InChI=1S/C18H21NO2/c20-18(21)15-3-1-12(2-4-15)9-19-10-16-13-5-6-14(8-7-13)17(16)11-19/h1-6,13-14,16-17H,7-11H2,(H,20,21). The van der Waals surface area contributed by atoms with E-state index < -0.39 is 5.97 Å². The summed E-state index contributed by atoms with van der Waals surface area (Å²) in [6.07, 6.45) is 7.67. The number of allylic oxidation sites excluding steroid dienone is 2. The van der Waals surface area contributed by atoms with Gasteiger partial charge < -0.3 is 5.11 Å². The summed E-state index contributed by atoms with van der Waals surface area (Å²) in [7, 11) is 0. The third-order valence-electron chi connectivity index (χ3n) is 5.63. The van der Waals surface area contributed by atoms with Gasteiger partial charge in [-0.2, -0.15) is 0 Å². The van der Waals surface area contributed by atoms with Crippen molar-refractivity contribution in [3.8, 4) is 0 Å². The minimum Gasteiger partial charge on any atom is -0.478 e. The summed E-state index contributed by atoms with van der Waals surface area (Å²) in [6.45, 7) is 3.36. The molecule has 21 heavy (non-hydrogen) atoms. The van der Waals surface area contributed by atoms with Crippen LogP contribution in [-0.4, -0.2) is 29.1 Å². The molecular formula is C18H21NO2. The molecule has 0 radical (unpaired) electrons. The molecule has 1 aromatic carbocycles. The Morgan fingerprint density at radius 3 is 2.10 bits per heavy atom. The third kappa shape index (κ3) is 2.30. The van der Waals surface area contributed by atoms with Gasteiger partial charge in [0.1, 0.15) is 0 Å². The number of nitrogens with zero attached hydrogens (tertiary/aromatic N) is 1. The SMILES string of the molecule is O=C(O)c1ccc(CN2CC3C4C=CC(CC4)C3C2)cc1. The molecule has 4 unspecified atom stereocenters. The lowest BCUT2D eigenvalue weighted by atomic mass is 9.64. The van der Waals surface area contributed by atoms with Gasteiger partial charge in [0.05, 0.1) is 5.56 Å². The monoisotopic (exact) mass is 283 g/mol. The van der Waals surface area contributed by atoms with Gasteiger partial charge in [0.25, 0.3) is 0 Å². The zero-order valence-corrected chi connectivity index (χ0v) is 12.1. The highest BCUT2D eigenvalue weighted by Gasteiger charge is 2.45. The van der Waals surface area contributed by atoms with Crippen LogP contribution in [0.4, 0.5) is 0 Å². The van der Waals surface area contributed by atoms with Crippen LogP contribution in [0.3, 0.4) is 0 Å². The maximum absolute atomic E-state index is 10.9. The number of likely N-dealkylation sites (tertiary alicyclic amines) is 1. The molecule has 3 aliphatic carbocycles. The number of benzene rings is 1. The molecule has 110 valence electrons. The van der Waals surface area contributed by atoms with Crippen molar-refractivity contribution in [3.63, 3.8) is 0 Å². The number of hydrogen-bond donors (Lipinski definition) is 1. The van der Waals surface area contributed by atoms with Crippen molar-refractivity contribution in [2.75, 3.05) is 13.1 Å². The van der Waals surface area contributed by atoms with E-state index in [0.717, 1.165) is 30.2 Å². The Labute approximate surface area is 125 Å². The Hall–Kier alpha value is -1.61. The Balaban J connectivity index is 1.44. The molecule has 1 aromatic rings. The topological polar surface area (TPSA) is 40.5 Å². The predicted octanol–water partition coefficient (Wildman–Crippen LogP) is 3.03. The summed E-state index contributed by atoms with van der Waals surface area (Å²) in [5.41, 5.74) is 1.59. The summed E-state index contributed by atoms with van der Waals surface area (Å²) >= 11 is 0. The van der Waals surface area contributed by atoms with Crippen LogP contribution in [0.2, 0.25) is 0 Å². The lowest BCUT2D eigenvalue weighted by Gasteiger charge is -2.40. The van der Waals surface area contributed by atoms with Crippen LogP contribution in [0.25, 0.3) is 0 Å². The normalized spacial score (nSPS) is 34.1. The number of carboxylic acids is 1. The average molecular weight is 283 g/mol. The van der Waals surface area contributed by atoms with Gasteiger partial charge in [-0.25, -0.2) is 4.79 Å². The van der Waals surface area contributed by atoms with Crippen LogP contribution >= 0.6 is 0 Å². The summed E-state index contributed by atoms with van der Waals surface area (Å²) in [5.74, 6) is 2.47. The number of hydrogen-bond acceptors (Lipinski definition) is 2. The minimum absolute atomic E-state index is 0.371. The molecule has 1 saturated carbocycles. The summed E-state index contributed by atoms with van der Waals surface area (Å²) < 4.78 is 0. The van der Waals surface area contributed by atoms with E-state index in [2.05, 4.69) is 17.1 Å². The number of fused-ring (bicyclic) bond motifs is 1. The Bertz CT molecular complexity index is 555. The first-order valence-electron chi connectivity index (χ1n) is 7.93. The first-order valence-corrected chi connectivity index (χ1v) is 7.93. The van der Waals surface area contributed by atoms with Crippen LogP contribution in [0.1, 0.15) is 28.8 Å². The lowest BCUT2D eigenvalue weighted by molar-refractivity contribution is 0.0697. The van der Waals surface area contributed by atoms with Crippen LogP contribution in [0.5, 0.6) is 0 Å². The van der Waals surface area contributed by atoms with Gasteiger partial charge in [0.15, 0.2) is 0 Å². The van der Waals surface area contributed by atoms with Gasteiger partial charge in [0.2, 0.25) is 0 Å². The first-order chi connectivity index (χ1) is 10.2. The highest BCUT2D eigenvalue weighted by atomic mass is 16.4. The maximum atomic E-state index is 10.9. The first kappa shape index (κ1) is 13.1. The molecule has 2 bridgehead atoms. The van der Waals surface area contributed by atoms with E-state index in [-0.39, 0.29) is 0 Å². The Morgan fingerprint density at radius 2 is 1.62 bits per heavy atom. The van der Waals surface area contributed by atoms with Gasteiger partial charge >= 0.3 is 5.97 Å². The second-order valence-electron chi connectivity index (χ2n) is 6.81. The molecule has 4 atom stereocenters. The van der Waals surface area contributed by atoms with Gasteiger partial charge in [-0.3, -0.25) is 4.90 Å². The van der Waals surface area contributed by atoms with E-state index >= 15 is 0 Å². The van der Waals surface area contributed by atoms with E-state index in [9.17, 15) is 4.79 Å². The molecule has 2 fully saturated rings. The van der Waals surface area contributed by atoms with E-state index in [1.807, 2.05) is 12.1 Å². The maximum Gasteiger partial charge on any atom is 0.335 e. The van der Waals surface area contributed by atoms with Crippen LogP contribution in [-0.2, 0) is 6.54 Å². The van der Waals surface area contributed by atoms with Gasteiger partial charge in [-0.1, -0.05) is 24.3 Å². The third-order valence-corrected chi connectivity index (χ3v) is 5.63. The molecule has 1 saturated heterocycles. The van der Waals surface area contributed by atoms with Crippen LogP contribution in [0.15, 0.2) is 36.4 Å².